The molecule has 0 amide bonds. The van der Waals surface area contributed by atoms with Gasteiger partial charge in [-0.3, -0.25) is 9.80 Å². The second kappa shape index (κ2) is 19.0. The lowest BCUT2D eigenvalue weighted by molar-refractivity contribution is -0.426. The number of phenolic OH excluding ortho intramolecular Hbond substituents is 8. The van der Waals surface area contributed by atoms with Crippen molar-refractivity contribution in [1.29, 1.82) is 0 Å². The molecule has 0 aromatic heterocycles. The predicted octanol–water partition coefficient (Wildman–Crippen LogP) is -9.35. The molecule has 5 aliphatic carbocycles. The van der Waals surface area contributed by atoms with Crippen LogP contribution in [0.4, 0.5) is 0 Å². The van der Waals surface area contributed by atoms with Gasteiger partial charge in [0.05, 0.1) is 87.5 Å². The highest BCUT2D eigenvalue weighted by Gasteiger charge is 2.78. The molecular weight excluding hydrogens is 1060 g/mol. The number of aromatic hydroxyl groups is 8. The van der Waals surface area contributed by atoms with E-state index in [4.69, 9.17) is 98.0 Å². The van der Waals surface area contributed by atoms with E-state index >= 15 is 0 Å². The summed E-state index contributed by atoms with van der Waals surface area (Å²) in [6.45, 7) is 0. The van der Waals surface area contributed by atoms with Crippen LogP contribution >= 0.6 is 11.8 Å². The SMILES string of the molecule is [B]c1c(O)c(O)c([B])c(-c2c([B])c(C3C(O)C([B])C4C(OOC5C6OOC7C(O)C(O)C([B])C8C9C(O)C(O)C(O)C%10SC(C%11C%12C(O)C([B])C([B])C([B])C%12N4C5%11)C6N(C78)C%109)C3O)c(O)c(-c3c([B])c(O)c(O)c([B])c3O)c2O)c1O. The molecule has 3 aromatic rings. The summed E-state index contributed by atoms with van der Waals surface area (Å²) in [4.78, 5) is 29.2. The largest absolute Gasteiger partial charge is 0.508 e. The number of rotatable bonds is 3. The first-order valence-electron chi connectivity index (χ1n) is 26.2. The number of benzene rings is 3. The van der Waals surface area contributed by atoms with Crippen LogP contribution in [0.3, 0.4) is 0 Å². The fraction of sp³-hybridized carbons (Fsp3) is 0.625. The van der Waals surface area contributed by atoms with Crippen molar-refractivity contribution in [2.24, 2.45) is 23.7 Å². The second-order valence-electron chi connectivity index (χ2n) is 23.6. The summed E-state index contributed by atoms with van der Waals surface area (Å²) in [7, 11) is 65.9. The maximum absolute atomic E-state index is 13.1. The van der Waals surface area contributed by atoms with Gasteiger partial charge in [0.1, 0.15) is 110 Å². The molecule has 13 rings (SSSR count). The molecule has 30 atom stereocenters. The zero-order chi connectivity index (χ0) is 58.4. The molecule has 22 nitrogen and oxygen atoms in total. The van der Waals surface area contributed by atoms with Crippen LogP contribution in [0.25, 0.3) is 22.3 Å². The number of aliphatic hydroxyl groups is 8. The van der Waals surface area contributed by atoms with Crippen LogP contribution < -0.4 is 27.3 Å². The molecule has 5 saturated carbocycles. The van der Waals surface area contributed by atoms with E-state index in [0.29, 0.717) is 0 Å². The van der Waals surface area contributed by atoms with Gasteiger partial charge in [0, 0.05) is 75.2 Å². The van der Waals surface area contributed by atoms with E-state index in [0.717, 1.165) is 0 Å². The van der Waals surface area contributed by atoms with Crippen molar-refractivity contribution in [3.8, 4) is 68.2 Å². The molecule has 5 heterocycles. The lowest BCUT2D eigenvalue weighted by Gasteiger charge is -2.60. The third-order valence-corrected chi connectivity index (χ3v) is 22.1. The summed E-state index contributed by atoms with van der Waals surface area (Å²) in [6.07, 6.45) is -19.9. The Bertz CT molecular complexity index is 3000. The Morgan fingerprint density at radius 1 is 0.309 bits per heavy atom. The normalized spacial score (nSPS) is 47.6. The van der Waals surface area contributed by atoms with Gasteiger partial charge in [-0.05, 0) is 50.9 Å². The lowest BCUT2D eigenvalue weighted by atomic mass is 9.45. The Hall–Kier alpha value is -3.50. The highest BCUT2D eigenvalue weighted by atomic mass is 32.2. The Balaban J connectivity index is 1.01. The van der Waals surface area contributed by atoms with Crippen molar-refractivity contribution in [2.45, 2.75) is 155 Å². The highest BCUT2D eigenvalue weighted by Crippen LogP contribution is 2.68. The Morgan fingerprint density at radius 3 is 1.38 bits per heavy atom. The maximum atomic E-state index is 13.1. The fourth-order valence-corrected chi connectivity index (χ4v) is 19.0. The van der Waals surface area contributed by atoms with Crippen LogP contribution in [-0.2, 0) is 19.6 Å². The molecule has 5 aliphatic heterocycles. The van der Waals surface area contributed by atoms with Gasteiger partial charge in [0.25, 0.3) is 0 Å². The minimum atomic E-state index is -2.22. The zero-order valence-electron chi connectivity index (χ0n) is 42.2. The van der Waals surface area contributed by atoms with E-state index in [-0.39, 0.29) is 0 Å². The second-order valence-corrected chi connectivity index (χ2v) is 24.9. The summed E-state index contributed by atoms with van der Waals surface area (Å²) >= 11 is 1.24. The third kappa shape index (κ3) is 6.99. The van der Waals surface area contributed by atoms with Gasteiger partial charge < -0.3 is 81.7 Å². The smallest absolute Gasteiger partial charge is 0.153 e. The molecule has 33 heteroatoms. The summed E-state index contributed by atoms with van der Waals surface area (Å²) < 4.78 is 0. The van der Waals surface area contributed by atoms with Gasteiger partial charge in [-0.15, -0.1) is 11.8 Å². The van der Waals surface area contributed by atoms with Gasteiger partial charge in [-0.25, -0.2) is 19.6 Å². The number of nitrogens with zero attached hydrogens (tertiary/aromatic N) is 2. The van der Waals surface area contributed by atoms with Gasteiger partial charge in [-0.1, -0.05) is 22.9 Å². The van der Waals surface area contributed by atoms with Crippen LogP contribution in [0.5, 0.6) is 46.0 Å². The summed E-state index contributed by atoms with van der Waals surface area (Å²) in [5.41, 5.74) is -9.01. The molecule has 20 radical (unpaired) electrons. The number of thioether (sulfide) groups is 1. The average molecular weight is 1110 g/mol. The monoisotopic (exact) mass is 1110 g/mol. The Morgan fingerprint density at radius 2 is 0.790 bits per heavy atom. The molecule has 81 heavy (non-hydrogen) atoms. The number of fused-ring (bicyclic) bond motifs is 8. The topological polar surface area (TPSA) is 367 Å². The van der Waals surface area contributed by atoms with Gasteiger partial charge in [-0.2, -0.15) is 0 Å². The van der Waals surface area contributed by atoms with Crippen LogP contribution in [0.2, 0.25) is 29.1 Å². The molecule has 30 unspecified atom stereocenters. The van der Waals surface area contributed by atoms with Crippen molar-refractivity contribution in [2.75, 3.05) is 0 Å². The minimum absolute atomic E-state index is 0.782. The van der Waals surface area contributed by atoms with Crippen LogP contribution in [-0.4, -0.2) is 290 Å². The van der Waals surface area contributed by atoms with Gasteiger partial charge in [0.15, 0.2) is 11.5 Å². The number of aliphatic hydroxyl groups excluding tert-OH is 8. The lowest BCUT2D eigenvalue weighted by Crippen LogP contribution is -2.75. The van der Waals surface area contributed by atoms with Crippen LogP contribution in [0, 0.1) is 23.7 Å². The standard InChI is InChI=1S/C48H46B10N2O20S/c49-11-2(3-13(51)35(69)38(72)19(57)29(3)63)27(61)9(5-14(52)36(70)39(73)20(58)30(5)64)28(62)4(11)10-32(66)18(56)25-44(34(10)68)78-79-45-23-8(7-21(59(23)25)16(54)15(53)17(55)31(7)65)47-26-46(45)80-77-43-22-1(12(50)37(71)41(43)75)6-24(60(22)26)48(81-47)42(76)40(74)33(6)67/h1,6-8,10,12,15-18,21-26,31-34,37,40-48,61-76H. The first-order chi connectivity index (χ1) is 38.1. The molecule has 10 aliphatic rings. The molecule has 16 N–H and O–H groups in total. The van der Waals surface area contributed by atoms with Gasteiger partial charge in [0.2, 0.25) is 0 Å². The molecule has 404 valence electrons. The van der Waals surface area contributed by atoms with Crippen molar-refractivity contribution in [3.05, 3.63) is 5.56 Å². The van der Waals surface area contributed by atoms with Gasteiger partial charge >= 0.3 is 0 Å². The molecule has 0 bridgehead atoms. The molecule has 0 spiro atoms. The Kier molecular flexibility index (Phi) is 13.3. The number of hydrogen-bond acceptors (Lipinski definition) is 23. The third-order valence-electron chi connectivity index (χ3n) is 20.4. The zero-order valence-corrected chi connectivity index (χ0v) is 43.0. The predicted molar refractivity (Wildman–Crippen MR) is 291 cm³/mol. The fourth-order valence-electron chi connectivity index (χ4n) is 16.9. The van der Waals surface area contributed by atoms with Crippen molar-refractivity contribution >= 4 is 118 Å². The van der Waals surface area contributed by atoms with Crippen LogP contribution in [0.1, 0.15) is 11.5 Å². The molecule has 10 fully saturated rings. The Labute approximate surface area is 479 Å². The van der Waals surface area contributed by atoms with E-state index < -0.39 is 280 Å². The van der Waals surface area contributed by atoms with Crippen LogP contribution in [0.15, 0.2) is 0 Å². The summed E-state index contributed by atoms with van der Waals surface area (Å²) in [5, 5.41) is 186. The number of phenols is 8. The minimum Gasteiger partial charge on any atom is -0.508 e. The highest BCUT2D eigenvalue weighted by molar-refractivity contribution is 8.00. The molecular formula is C48H46B10N2O20S. The molecule has 5 saturated heterocycles. The summed E-state index contributed by atoms with van der Waals surface area (Å²) in [5.74, 6) is -21.5. The van der Waals surface area contributed by atoms with E-state index in [2.05, 4.69) is 0 Å². The van der Waals surface area contributed by atoms with E-state index in [1.807, 2.05) is 4.90 Å². The maximum Gasteiger partial charge on any atom is 0.153 e. The number of hydrogen-bond donors (Lipinski definition) is 16. The first-order valence-corrected chi connectivity index (χ1v) is 27.2. The summed E-state index contributed by atoms with van der Waals surface area (Å²) in [6, 6.07) is -6.37. The van der Waals surface area contributed by atoms with Crippen molar-refractivity contribution in [3.63, 3.8) is 0 Å². The van der Waals surface area contributed by atoms with E-state index in [9.17, 15) is 81.7 Å². The molecule has 3 aromatic carbocycles. The van der Waals surface area contributed by atoms with E-state index in [1.54, 1.807) is 4.90 Å². The first kappa shape index (κ1) is 56.6. The van der Waals surface area contributed by atoms with E-state index in [1.165, 1.54) is 11.8 Å². The van der Waals surface area contributed by atoms with Crippen molar-refractivity contribution in [1.82, 2.24) is 9.80 Å². The average Bonchev–Trinajstić information content (AvgIpc) is 2.69. The van der Waals surface area contributed by atoms with Crippen molar-refractivity contribution < 1.29 is 101 Å². The quantitative estimate of drug-likeness (QED) is 0.0501.